The van der Waals surface area contributed by atoms with Crippen LogP contribution in [0.4, 0.5) is 5.69 Å². The van der Waals surface area contributed by atoms with Crippen molar-refractivity contribution < 1.29 is 13.9 Å². The average Bonchev–Trinajstić information content (AvgIpc) is 3.11. The fourth-order valence-electron chi connectivity index (χ4n) is 3.09. The molecule has 29 heavy (non-hydrogen) atoms. The van der Waals surface area contributed by atoms with Crippen molar-refractivity contribution in [1.29, 1.82) is 0 Å². The minimum atomic E-state index is -0.222. The van der Waals surface area contributed by atoms with Gasteiger partial charge in [0.2, 0.25) is 5.89 Å². The summed E-state index contributed by atoms with van der Waals surface area (Å²) in [6.45, 7) is 5.88. The van der Waals surface area contributed by atoms with Crippen LogP contribution in [-0.2, 0) is 4.79 Å². The Hall–Kier alpha value is -3.60. The van der Waals surface area contributed by atoms with Crippen molar-refractivity contribution in [2.24, 2.45) is 0 Å². The quantitative estimate of drug-likeness (QED) is 0.496. The number of nitrogens with zero attached hydrogens (tertiary/aromatic N) is 1. The predicted octanol–water partition coefficient (Wildman–Crippen LogP) is 5.44. The van der Waals surface area contributed by atoms with Crippen LogP contribution in [0.15, 0.2) is 65.1 Å². The van der Waals surface area contributed by atoms with Crippen LogP contribution in [0.2, 0.25) is 0 Å². The van der Waals surface area contributed by atoms with Crippen molar-refractivity contribution in [2.75, 3.05) is 11.9 Å². The number of ether oxygens (including phenoxy) is 1. The van der Waals surface area contributed by atoms with Crippen molar-refractivity contribution in [1.82, 2.24) is 4.98 Å². The lowest BCUT2D eigenvalue weighted by molar-refractivity contribution is -0.118. The summed E-state index contributed by atoms with van der Waals surface area (Å²) in [4.78, 5) is 16.9. The lowest BCUT2D eigenvalue weighted by atomic mass is 10.1. The third-order valence-corrected chi connectivity index (χ3v) is 4.66. The van der Waals surface area contributed by atoms with Gasteiger partial charge in [-0.3, -0.25) is 4.79 Å². The zero-order chi connectivity index (χ0) is 20.4. The number of anilines is 1. The van der Waals surface area contributed by atoms with E-state index in [0.29, 0.717) is 17.3 Å². The molecule has 0 aliphatic heterocycles. The number of carbonyl (C=O) groups is 1. The van der Waals surface area contributed by atoms with Crippen molar-refractivity contribution in [3.8, 4) is 17.2 Å². The van der Waals surface area contributed by atoms with Crippen LogP contribution >= 0.6 is 0 Å². The molecule has 0 unspecified atom stereocenters. The maximum atomic E-state index is 12.4. The Morgan fingerprint density at radius 2 is 1.83 bits per heavy atom. The molecule has 1 aromatic heterocycles. The van der Waals surface area contributed by atoms with Crippen LogP contribution in [0.5, 0.6) is 5.75 Å². The van der Waals surface area contributed by atoms with Crippen LogP contribution in [0.1, 0.15) is 16.7 Å². The lowest BCUT2D eigenvalue weighted by Gasteiger charge is -2.11. The van der Waals surface area contributed by atoms with Crippen molar-refractivity contribution in [3.05, 3.63) is 77.4 Å². The molecule has 0 atom stereocenters. The summed E-state index contributed by atoms with van der Waals surface area (Å²) in [5.41, 5.74) is 6.22. The van der Waals surface area contributed by atoms with Crippen molar-refractivity contribution in [2.45, 2.75) is 20.8 Å². The Morgan fingerprint density at radius 1 is 1.00 bits per heavy atom. The van der Waals surface area contributed by atoms with Gasteiger partial charge in [0, 0.05) is 11.3 Å². The molecule has 146 valence electrons. The van der Waals surface area contributed by atoms with Crippen LogP contribution in [0.3, 0.4) is 0 Å². The molecule has 1 amide bonds. The third kappa shape index (κ3) is 4.29. The van der Waals surface area contributed by atoms with Crippen LogP contribution < -0.4 is 10.1 Å². The minimum absolute atomic E-state index is 0.0602. The molecule has 1 N–H and O–H groups in total. The van der Waals surface area contributed by atoms with E-state index in [4.69, 9.17) is 9.15 Å². The topological polar surface area (TPSA) is 64.4 Å². The number of aryl methyl sites for hydroxylation is 3. The van der Waals surface area contributed by atoms with Gasteiger partial charge < -0.3 is 14.5 Å². The molecule has 3 aromatic carbocycles. The van der Waals surface area contributed by atoms with E-state index in [-0.39, 0.29) is 12.5 Å². The Kier molecular flexibility index (Phi) is 5.04. The molecule has 0 aliphatic rings. The largest absolute Gasteiger partial charge is 0.484 e. The van der Waals surface area contributed by atoms with Gasteiger partial charge >= 0.3 is 0 Å². The first-order valence-electron chi connectivity index (χ1n) is 9.45. The SMILES string of the molecule is Cc1cccc(OCC(=O)Nc2cc(-c3nc4ccc(C)cc4o3)ccc2C)c1. The van der Waals surface area contributed by atoms with E-state index in [1.807, 2.05) is 81.4 Å². The number of oxazole rings is 1. The molecule has 0 radical (unpaired) electrons. The summed E-state index contributed by atoms with van der Waals surface area (Å²) in [6.07, 6.45) is 0. The number of benzene rings is 3. The van der Waals surface area contributed by atoms with Crippen LogP contribution in [0.25, 0.3) is 22.6 Å². The maximum absolute atomic E-state index is 12.4. The van der Waals surface area contributed by atoms with E-state index >= 15 is 0 Å². The van der Waals surface area contributed by atoms with Gasteiger partial charge in [0.25, 0.3) is 5.91 Å². The lowest BCUT2D eigenvalue weighted by Crippen LogP contribution is -2.20. The van der Waals surface area contributed by atoms with Gasteiger partial charge in [-0.25, -0.2) is 4.98 Å². The van der Waals surface area contributed by atoms with E-state index < -0.39 is 0 Å². The number of fused-ring (bicyclic) bond motifs is 1. The fourth-order valence-corrected chi connectivity index (χ4v) is 3.09. The van der Waals surface area contributed by atoms with E-state index in [1.165, 1.54) is 0 Å². The third-order valence-electron chi connectivity index (χ3n) is 4.66. The van der Waals surface area contributed by atoms with Crippen LogP contribution in [-0.4, -0.2) is 17.5 Å². The molecule has 0 bridgehead atoms. The highest BCUT2D eigenvalue weighted by atomic mass is 16.5. The first-order valence-corrected chi connectivity index (χ1v) is 9.45. The molecule has 5 nitrogen and oxygen atoms in total. The molecule has 0 fully saturated rings. The number of hydrogen-bond acceptors (Lipinski definition) is 4. The highest BCUT2D eigenvalue weighted by Gasteiger charge is 2.12. The standard InChI is InChI=1S/C24H22N2O3/c1-15-5-4-6-19(11-15)28-14-23(27)25-21-13-18(9-8-17(21)3)24-26-20-10-7-16(2)12-22(20)29-24/h4-13H,14H2,1-3H3,(H,25,27). The second-order valence-electron chi connectivity index (χ2n) is 7.17. The van der Waals surface area contributed by atoms with E-state index in [9.17, 15) is 4.79 Å². The second kappa shape index (κ2) is 7.80. The summed E-state index contributed by atoms with van der Waals surface area (Å²) >= 11 is 0. The number of amides is 1. The molecule has 4 rings (SSSR count). The molecule has 0 spiro atoms. The highest BCUT2D eigenvalue weighted by Crippen LogP contribution is 2.28. The summed E-state index contributed by atoms with van der Waals surface area (Å²) in [5, 5.41) is 2.91. The monoisotopic (exact) mass is 386 g/mol. The van der Waals surface area contributed by atoms with Gasteiger partial charge in [-0.05, 0) is 73.9 Å². The molecule has 4 aromatic rings. The summed E-state index contributed by atoms with van der Waals surface area (Å²) in [5.74, 6) is 0.976. The van der Waals surface area contributed by atoms with Crippen molar-refractivity contribution >= 4 is 22.7 Å². The molecular formula is C24H22N2O3. The molecule has 0 saturated carbocycles. The van der Waals surface area contributed by atoms with Crippen molar-refractivity contribution in [3.63, 3.8) is 0 Å². The van der Waals surface area contributed by atoms with Crippen LogP contribution in [0, 0.1) is 20.8 Å². The highest BCUT2D eigenvalue weighted by molar-refractivity contribution is 5.93. The number of aromatic nitrogens is 1. The van der Waals surface area contributed by atoms with Gasteiger partial charge in [0.05, 0.1) is 0 Å². The number of hydrogen-bond donors (Lipinski definition) is 1. The Morgan fingerprint density at radius 3 is 2.66 bits per heavy atom. The Labute approximate surface area is 169 Å². The van der Waals surface area contributed by atoms with Gasteiger partial charge in [-0.1, -0.05) is 24.3 Å². The molecule has 1 heterocycles. The summed E-state index contributed by atoms with van der Waals surface area (Å²) < 4.78 is 11.5. The number of nitrogens with one attached hydrogen (secondary N) is 1. The smallest absolute Gasteiger partial charge is 0.262 e. The fraction of sp³-hybridized carbons (Fsp3) is 0.167. The molecule has 0 saturated heterocycles. The Balaban J connectivity index is 1.51. The first kappa shape index (κ1) is 18.7. The second-order valence-corrected chi connectivity index (χ2v) is 7.17. The summed E-state index contributed by atoms with van der Waals surface area (Å²) in [6, 6.07) is 19.3. The van der Waals surface area contributed by atoms with E-state index in [1.54, 1.807) is 0 Å². The molecular weight excluding hydrogens is 364 g/mol. The van der Waals surface area contributed by atoms with Gasteiger partial charge in [-0.2, -0.15) is 0 Å². The Bertz CT molecular complexity index is 1190. The predicted molar refractivity (Wildman–Crippen MR) is 114 cm³/mol. The zero-order valence-corrected chi connectivity index (χ0v) is 16.7. The summed E-state index contributed by atoms with van der Waals surface area (Å²) in [7, 11) is 0. The average molecular weight is 386 g/mol. The maximum Gasteiger partial charge on any atom is 0.262 e. The molecule has 0 aliphatic carbocycles. The van der Waals surface area contributed by atoms with E-state index in [2.05, 4.69) is 10.3 Å². The first-order chi connectivity index (χ1) is 14.0. The minimum Gasteiger partial charge on any atom is -0.484 e. The number of rotatable bonds is 5. The zero-order valence-electron chi connectivity index (χ0n) is 16.7. The van der Waals surface area contributed by atoms with Gasteiger partial charge in [0.15, 0.2) is 12.2 Å². The number of carbonyl (C=O) groups excluding carboxylic acids is 1. The van der Waals surface area contributed by atoms with E-state index in [0.717, 1.165) is 33.4 Å². The normalized spacial score (nSPS) is 10.9. The van der Waals surface area contributed by atoms with Gasteiger partial charge in [0.1, 0.15) is 11.3 Å². The molecule has 5 heteroatoms. The van der Waals surface area contributed by atoms with Gasteiger partial charge in [-0.15, -0.1) is 0 Å².